The van der Waals surface area contributed by atoms with Crippen LogP contribution in [0.3, 0.4) is 0 Å². The van der Waals surface area contributed by atoms with Crippen LogP contribution >= 0.6 is 23.2 Å². The topological polar surface area (TPSA) is 49.4 Å². The second-order valence-electron chi connectivity index (χ2n) is 6.01. The average Bonchev–Trinajstić information content (AvgIpc) is 2.59. The van der Waals surface area contributed by atoms with Gasteiger partial charge in [-0.2, -0.15) is 0 Å². The third kappa shape index (κ3) is 4.14. The molecule has 0 unspecified atom stereocenters. The summed E-state index contributed by atoms with van der Waals surface area (Å²) in [6.45, 7) is 3.19. The van der Waals surface area contributed by atoms with Gasteiger partial charge in [0.25, 0.3) is 5.91 Å². The van der Waals surface area contributed by atoms with Crippen molar-refractivity contribution in [2.24, 2.45) is 0 Å². The summed E-state index contributed by atoms with van der Waals surface area (Å²) in [5, 5.41) is 3.69. The lowest BCUT2D eigenvalue weighted by Crippen LogP contribution is -2.35. The lowest BCUT2D eigenvalue weighted by Gasteiger charge is -2.29. The molecular weight excluding hydrogens is 359 g/mol. The van der Waals surface area contributed by atoms with E-state index in [1.165, 1.54) is 5.56 Å². The number of rotatable bonds is 3. The molecule has 0 bridgehead atoms. The van der Waals surface area contributed by atoms with Crippen LogP contribution in [0.25, 0.3) is 0 Å². The Kier molecular flexibility index (Phi) is 5.30. The van der Waals surface area contributed by atoms with Crippen LogP contribution in [0.15, 0.2) is 36.4 Å². The van der Waals surface area contributed by atoms with E-state index in [1.54, 1.807) is 18.2 Å². The van der Waals surface area contributed by atoms with Crippen molar-refractivity contribution in [2.75, 3.05) is 11.9 Å². The number of carbonyl (C=O) groups excluding carboxylic acids is 2. The number of hydrogen-bond donors (Lipinski definition) is 1. The number of benzene rings is 2. The fraction of sp³-hybridized carbons (Fsp3) is 0.263. The Morgan fingerprint density at radius 3 is 2.48 bits per heavy atom. The molecule has 0 atom stereocenters. The Labute approximate surface area is 156 Å². The molecule has 2 aromatic carbocycles. The van der Waals surface area contributed by atoms with Crippen molar-refractivity contribution in [3.63, 3.8) is 0 Å². The highest BCUT2D eigenvalue weighted by Gasteiger charge is 2.20. The molecular formula is C19H18Cl2N2O2. The van der Waals surface area contributed by atoms with Crippen LogP contribution in [-0.4, -0.2) is 23.3 Å². The normalized spacial score (nSPS) is 13.3. The number of carbonyl (C=O) groups is 2. The maximum atomic E-state index is 12.4. The van der Waals surface area contributed by atoms with Gasteiger partial charge in [-0.3, -0.25) is 9.59 Å². The molecule has 0 saturated carbocycles. The number of anilines is 1. The van der Waals surface area contributed by atoms with Crippen LogP contribution in [0.2, 0.25) is 10.0 Å². The number of fused-ring (bicyclic) bond motifs is 1. The first kappa shape index (κ1) is 17.8. The summed E-state index contributed by atoms with van der Waals surface area (Å²) < 4.78 is 0. The largest absolute Gasteiger partial charge is 0.338 e. The highest BCUT2D eigenvalue weighted by molar-refractivity contribution is 6.35. The number of nitrogens with one attached hydrogen (secondary N) is 1. The van der Waals surface area contributed by atoms with Crippen molar-refractivity contribution in [1.29, 1.82) is 0 Å². The molecule has 130 valence electrons. The van der Waals surface area contributed by atoms with E-state index in [0.717, 1.165) is 18.5 Å². The Morgan fingerprint density at radius 1 is 1.08 bits per heavy atom. The maximum absolute atomic E-state index is 12.4. The Hall–Kier alpha value is -2.04. The number of amides is 2. The molecule has 2 aromatic rings. The highest BCUT2D eigenvalue weighted by atomic mass is 35.5. The molecule has 0 aliphatic carbocycles. The first-order valence-electron chi connectivity index (χ1n) is 8.13. The molecule has 0 spiro atoms. The van der Waals surface area contributed by atoms with Gasteiger partial charge in [0.05, 0.1) is 0 Å². The van der Waals surface area contributed by atoms with E-state index in [0.29, 0.717) is 34.3 Å². The molecule has 0 radical (unpaired) electrons. The molecule has 1 aliphatic heterocycles. The zero-order chi connectivity index (χ0) is 18.0. The first-order chi connectivity index (χ1) is 12.0. The first-order valence-corrected chi connectivity index (χ1v) is 8.89. The SMILES string of the molecule is CCC(=O)N1CCc2ccc(NC(=O)c3cc(Cl)cc(Cl)c3)cc2C1. The van der Waals surface area contributed by atoms with Gasteiger partial charge in [0.1, 0.15) is 0 Å². The molecule has 6 heteroatoms. The van der Waals surface area contributed by atoms with Crippen molar-refractivity contribution >= 4 is 40.7 Å². The van der Waals surface area contributed by atoms with Gasteiger partial charge in [-0.25, -0.2) is 0 Å². The summed E-state index contributed by atoms with van der Waals surface area (Å²) in [7, 11) is 0. The van der Waals surface area contributed by atoms with Gasteiger partial charge in [-0.1, -0.05) is 36.2 Å². The minimum atomic E-state index is -0.276. The van der Waals surface area contributed by atoms with E-state index < -0.39 is 0 Å². The standard InChI is InChI=1S/C19H18Cl2N2O2/c1-2-18(24)23-6-5-12-3-4-17(9-14(12)11-23)22-19(25)13-7-15(20)10-16(21)8-13/h3-4,7-10H,2,5-6,11H2,1H3,(H,22,25). The summed E-state index contributed by atoms with van der Waals surface area (Å²) in [6.07, 6.45) is 1.33. The van der Waals surface area contributed by atoms with E-state index in [1.807, 2.05) is 30.0 Å². The molecule has 25 heavy (non-hydrogen) atoms. The lowest BCUT2D eigenvalue weighted by molar-refractivity contribution is -0.131. The van der Waals surface area contributed by atoms with Gasteiger partial charge < -0.3 is 10.2 Å². The predicted molar refractivity (Wildman–Crippen MR) is 100 cm³/mol. The van der Waals surface area contributed by atoms with Crippen molar-refractivity contribution < 1.29 is 9.59 Å². The van der Waals surface area contributed by atoms with Crippen LogP contribution in [0, 0.1) is 0 Å². The van der Waals surface area contributed by atoms with Crippen LogP contribution < -0.4 is 5.32 Å². The molecule has 0 aromatic heterocycles. The minimum absolute atomic E-state index is 0.147. The van der Waals surface area contributed by atoms with E-state index >= 15 is 0 Å². The van der Waals surface area contributed by atoms with Gasteiger partial charge in [-0.05, 0) is 47.9 Å². The van der Waals surface area contributed by atoms with Gasteiger partial charge in [0, 0.05) is 40.8 Å². The van der Waals surface area contributed by atoms with E-state index in [4.69, 9.17) is 23.2 Å². The Morgan fingerprint density at radius 2 is 1.80 bits per heavy atom. The van der Waals surface area contributed by atoms with Crippen LogP contribution in [0.4, 0.5) is 5.69 Å². The third-order valence-electron chi connectivity index (χ3n) is 4.26. The zero-order valence-corrected chi connectivity index (χ0v) is 15.3. The fourth-order valence-electron chi connectivity index (χ4n) is 2.96. The van der Waals surface area contributed by atoms with Crippen molar-refractivity contribution in [2.45, 2.75) is 26.3 Å². The second kappa shape index (κ2) is 7.46. The lowest BCUT2D eigenvalue weighted by atomic mass is 9.98. The molecule has 3 rings (SSSR count). The van der Waals surface area contributed by atoms with Gasteiger partial charge in [0.15, 0.2) is 0 Å². The van der Waals surface area contributed by atoms with Gasteiger partial charge >= 0.3 is 0 Å². The van der Waals surface area contributed by atoms with Crippen LogP contribution in [-0.2, 0) is 17.8 Å². The third-order valence-corrected chi connectivity index (χ3v) is 4.69. The smallest absolute Gasteiger partial charge is 0.255 e. The second-order valence-corrected chi connectivity index (χ2v) is 6.89. The highest BCUT2D eigenvalue weighted by Crippen LogP contribution is 2.24. The predicted octanol–water partition coefficient (Wildman–Crippen LogP) is 4.54. The molecule has 4 nitrogen and oxygen atoms in total. The summed E-state index contributed by atoms with van der Waals surface area (Å²) in [4.78, 5) is 26.2. The minimum Gasteiger partial charge on any atom is -0.338 e. The summed E-state index contributed by atoms with van der Waals surface area (Å²) in [6, 6.07) is 10.5. The quantitative estimate of drug-likeness (QED) is 0.854. The number of halogens is 2. The molecule has 2 amide bonds. The summed E-state index contributed by atoms with van der Waals surface area (Å²) >= 11 is 11.9. The van der Waals surface area contributed by atoms with E-state index in [-0.39, 0.29) is 11.8 Å². The summed E-state index contributed by atoms with van der Waals surface area (Å²) in [5.41, 5.74) is 3.36. The van der Waals surface area contributed by atoms with E-state index in [9.17, 15) is 9.59 Å². The molecule has 1 aliphatic rings. The van der Waals surface area contributed by atoms with Crippen LogP contribution in [0.1, 0.15) is 34.8 Å². The van der Waals surface area contributed by atoms with E-state index in [2.05, 4.69) is 5.32 Å². The van der Waals surface area contributed by atoms with Crippen molar-refractivity contribution in [3.8, 4) is 0 Å². The van der Waals surface area contributed by atoms with Crippen molar-refractivity contribution in [1.82, 2.24) is 4.90 Å². The fourth-order valence-corrected chi connectivity index (χ4v) is 3.49. The number of nitrogens with zero attached hydrogens (tertiary/aromatic N) is 1. The van der Waals surface area contributed by atoms with Crippen LogP contribution in [0.5, 0.6) is 0 Å². The molecule has 1 heterocycles. The van der Waals surface area contributed by atoms with Gasteiger partial charge in [0.2, 0.25) is 5.91 Å². The molecule has 0 fully saturated rings. The molecule has 0 saturated heterocycles. The maximum Gasteiger partial charge on any atom is 0.255 e. The Bertz CT molecular complexity index is 816. The average molecular weight is 377 g/mol. The zero-order valence-electron chi connectivity index (χ0n) is 13.8. The monoisotopic (exact) mass is 376 g/mol. The van der Waals surface area contributed by atoms with Gasteiger partial charge in [-0.15, -0.1) is 0 Å². The molecule has 1 N–H and O–H groups in total. The summed E-state index contributed by atoms with van der Waals surface area (Å²) in [5.74, 6) is -0.129. The number of hydrogen-bond acceptors (Lipinski definition) is 2. The van der Waals surface area contributed by atoms with Crippen molar-refractivity contribution in [3.05, 3.63) is 63.1 Å². The Balaban J connectivity index is 1.78.